The first-order chi connectivity index (χ1) is 13.9. The van der Waals surface area contributed by atoms with Crippen molar-refractivity contribution in [3.8, 4) is 11.5 Å². The standard InChI is InChI=1S/C24H17N3O/c1-2-10-19(11-3-1)28-20-12-4-7-17(15-20)16-25-27-24-21-13-5-8-18-9-6-14-22(26-24)23(18)21/h1-16H,(H,26,27). The number of rotatable bonds is 4. The summed E-state index contributed by atoms with van der Waals surface area (Å²) in [5.74, 6) is 2.34. The summed E-state index contributed by atoms with van der Waals surface area (Å²) in [7, 11) is 0. The predicted molar refractivity (Wildman–Crippen MR) is 114 cm³/mol. The SMILES string of the molecule is C(=NNC1=Nc2cccc3cccc1c23)c1cccc(Oc2ccccc2)c1. The molecule has 0 aliphatic carbocycles. The molecular weight excluding hydrogens is 346 g/mol. The lowest BCUT2D eigenvalue weighted by molar-refractivity contribution is 0.482. The fourth-order valence-corrected chi connectivity index (χ4v) is 3.33. The van der Waals surface area contributed by atoms with Crippen LogP contribution in [0.5, 0.6) is 11.5 Å². The molecule has 28 heavy (non-hydrogen) atoms. The molecule has 1 aliphatic rings. The maximum Gasteiger partial charge on any atom is 0.154 e. The number of aliphatic imine (C=N–C) groups is 1. The van der Waals surface area contributed by atoms with Crippen molar-refractivity contribution in [1.82, 2.24) is 5.43 Å². The van der Waals surface area contributed by atoms with Gasteiger partial charge in [0, 0.05) is 10.9 Å². The summed E-state index contributed by atoms with van der Waals surface area (Å²) in [6.45, 7) is 0. The second-order valence-corrected chi connectivity index (χ2v) is 6.50. The molecule has 0 radical (unpaired) electrons. The first-order valence-electron chi connectivity index (χ1n) is 9.10. The molecule has 0 saturated heterocycles. The van der Waals surface area contributed by atoms with Gasteiger partial charge in [-0.1, -0.05) is 60.7 Å². The second kappa shape index (κ2) is 7.00. The number of nitrogens with zero attached hydrogens (tertiary/aromatic N) is 2. The molecule has 0 amide bonds. The number of hydrogen-bond acceptors (Lipinski definition) is 4. The van der Waals surface area contributed by atoms with Crippen LogP contribution < -0.4 is 10.2 Å². The molecule has 1 aliphatic heterocycles. The fraction of sp³-hybridized carbons (Fsp3) is 0. The Bertz CT molecular complexity index is 1210. The van der Waals surface area contributed by atoms with Crippen LogP contribution in [-0.4, -0.2) is 12.1 Å². The van der Waals surface area contributed by atoms with Crippen LogP contribution in [0.1, 0.15) is 11.1 Å². The van der Waals surface area contributed by atoms with Crippen LogP contribution in [-0.2, 0) is 0 Å². The average Bonchev–Trinajstić information content (AvgIpc) is 3.09. The first-order valence-corrected chi connectivity index (χ1v) is 9.10. The number of nitrogens with one attached hydrogen (secondary N) is 1. The minimum Gasteiger partial charge on any atom is -0.457 e. The Labute approximate surface area is 162 Å². The van der Waals surface area contributed by atoms with Gasteiger partial charge in [-0.3, -0.25) is 5.43 Å². The molecule has 134 valence electrons. The van der Waals surface area contributed by atoms with E-state index in [1.807, 2.05) is 72.8 Å². The van der Waals surface area contributed by atoms with Crippen molar-refractivity contribution in [2.45, 2.75) is 0 Å². The van der Waals surface area contributed by atoms with E-state index in [1.54, 1.807) is 6.21 Å². The largest absolute Gasteiger partial charge is 0.457 e. The zero-order valence-electron chi connectivity index (χ0n) is 15.0. The summed E-state index contributed by atoms with van der Waals surface area (Å²) >= 11 is 0. The topological polar surface area (TPSA) is 46.0 Å². The minimum absolute atomic E-state index is 0.764. The van der Waals surface area contributed by atoms with Crippen molar-refractivity contribution in [3.05, 3.63) is 102 Å². The summed E-state index contributed by atoms with van der Waals surface area (Å²) in [6.07, 6.45) is 1.77. The quantitative estimate of drug-likeness (QED) is 0.376. The van der Waals surface area contributed by atoms with Crippen molar-refractivity contribution in [3.63, 3.8) is 0 Å². The first kappa shape index (κ1) is 16.3. The van der Waals surface area contributed by atoms with Crippen LogP contribution in [0, 0.1) is 0 Å². The highest BCUT2D eigenvalue weighted by Gasteiger charge is 2.17. The van der Waals surface area contributed by atoms with Gasteiger partial charge >= 0.3 is 0 Å². The average molecular weight is 363 g/mol. The normalized spacial score (nSPS) is 12.4. The van der Waals surface area contributed by atoms with Gasteiger partial charge in [-0.15, -0.1) is 0 Å². The zero-order valence-corrected chi connectivity index (χ0v) is 15.0. The molecule has 4 nitrogen and oxygen atoms in total. The van der Waals surface area contributed by atoms with Crippen molar-refractivity contribution >= 4 is 28.5 Å². The van der Waals surface area contributed by atoms with Crippen molar-refractivity contribution in [2.24, 2.45) is 10.1 Å². The van der Waals surface area contributed by atoms with E-state index < -0.39 is 0 Å². The predicted octanol–water partition coefficient (Wildman–Crippen LogP) is 5.65. The van der Waals surface area contributed by atoms with Gasteiger partial charge < -0.3 is 4.74 Å². The van der Waals surface area contributed by atoms with Gasteiger partial charge in [0.05, 0.1) is 11.9 Å². The van der Waals surface area contributed by atoms with Crippen molar-refractivity contribution < 1.29 is 4.74 Å². The van der Waals surface area contributed by atoms with Gasteiger partial charge in [0.15, 0.2) is 5.84 Å². The van der Waals surface area contributed by atoms with Gasteiger partial charge in [-0.05, 0) is 41.3 Å². The number of ether oxygens (including phenoxy) is 1. The molecule has 1 heterocycles. The molecule has 0 fully saturated rings. The molecular formula is C24H17N3O. The smallest absolute Gasteiger partial charge is 0.154 e. The van der Waals surface area contributed by atoms with E-state index in [0.29, 0.717) is 0 Å². The second-order valence-electron chi connectivity index (χ2n) is 6.50. The summed E-state index contributed by atoms with van der Waals surface area (Å²) in [5, 5.41) is 6.73. The highest BCUT2D eigenvalue weighted by molar-refractivity contribution is 6.18. The molecule has 0 bridgehead atoms. The van der Waals surface area contributed by atoms with Gasteiger partial charge in [-0.25, -0.2) is 4.99 Å². The molecule has 4 aromatic carbocycles. The molecule has 4 aromatic rings. The summed E-state index contributed by atoms with van der Waals surface area (Å²) < 4.78 is 5.87. The summed E-state index contributed by atoms with van der Waals surface area (Å²) in [4.78, 5) is 4.67. The third-order valence-electron chi connectivity index (χ3n) is 4.59. The van der Waals surface area contributed by atoms with E-state index in [1.165, 1.54) is 10.8 Å². The summed E-state index contributed by atoms with van der Waals surface area (Å²) in [6, 6.07) is 29.9. The fourth-order valence-electron chi connectivity index (χ4n) is 3.33. The Morgan fingerprint density at radius 1 is 0.786 bits per heavy atom. The Kier molecular flexibility index (Phi) is 4.07. The van der Waals surface area contributed by atoms with E-state index in [0.717, 1.165) is 34.1 Å². The van der Waals surface area contributed by atoms with E-state index in [4.69, 9.17) is 4.74 Å². The van der Waals surface area contributed by atoms with Gasteiger partial charge in [0.25, 0.3) is 0 Å². The molecule has 0 spiro atoms. The molecule has 1 N–H and O–H groups in total. The molecule has 4 heteroatoms. The van der Waals surface area contributed by atoms with E-state index in [-0.39, 0.29) is 0 Å². The molecule has 0 atom stereocenters. The van der Waals surface area contributed by atoms with Gasteiger partial charge in [-0.2, -0.15) is 5.10 Å². The lowest BCUT2D eigenvalue weighted by Crippen LogP contribution is -2.17. The zero-order chi connectivity index (χ0) is 18.8. The Morgan fingerprint density at radius 2 is 1.57 bits per heavy atom. The van der Waals surface area contributed by atoms with E-state index in [2.05, 4.69) is 33.7 Å². The number of hydrogen-bond donors (Lipinski definition) is 1. The van der Waals surface area contributed by atoms with Crippen LogP contribution in [0.25, 0.3) is 10.8 Å². The Balaban J connectivity index is 1.33. The van der Waals surface area contributed by atoms with Crippen molar-refractivity contribution in [1.29, 1.82) is 0 Å². The van der Waals surface area contributed by atoms with Gasteiger partial charge in [0.2, 0.25) is 0 Å². The number of amidine groups is 1. The summed E-state index contributed by atoms with van der Waals surface area (Å²) in [5.41, 5.74) is 6.08. The van der Waals surface area contributed by atoms with Crippen LogP contribution >= 0.6 is 0 Å². The highest BCUT2D eigenvalue weighted by atomic mass is 16.5. The Morgan fingerprint density at radius 3 is 2.46 bits per heavy atom. The third-order valence-corrected chi connectivity index (χ3v) is 4.59. The van der Waals surface area contributed by atoms with Crippen LogP contribution in [0.3, 0.4) is 0 Å². The monoisotopic (exact) mass is 363 g/mol. The van der Waals surface area contributed by atoms with Gasteiger partial charge in [0.1, 0.15) is 11.5 Å². The van der Waals surface area contributed by atoms with Crippen molar-refractivity contribution in [2.75, 3.05) is 0 Å². The van der Waals surface area contributed by atoms with E-state index in [9.17, 15) is 0 Å². The number of hydrazone groups is 1. The highest BCUT2D eigenvalue weighted by Crippen LogP contribution is 2.34. The molecule has 0 aromatic heterocycles. The molecule has 5 rings (SSSR count). The lowest BCUT2D eigenvalue weighted by atomic mass is 10.0. The lowest BCUT2D eigenvalue weighted by Gasteiger charge is -2.06. The Hall–Kier alpha value is -3.92. The molecule has 0 unspecified atom stereocenters. The van der Waals surface area contributed by atoms with E-state index >= 15 is 0 Å². The van der Waals surface area contributed by atoms with Crippen LogP contribution in [0.4, 0.5) is 5.69 Å². The van der Waals surface area contributed by atoms with Crippen LogP contribution in [0.15, 0.2) is 101 Å². The maximum atomic E-state index is 5.87. The van der Waals surface area contributed by atoms with Crippen LogP contribution in [0.2, 0.25) is 0 Å². The molecule has 0 saturated carbocycles. The maximum absolute atomic E-state index is 5.87. The minimum atomic E-state index is 0.764. The number of benzene rings is 4. The third kappa shape index (κ3) is 3.12. The number of para-hydroxylation sites is 1.